The Morgan fingerprint density at radius 1 is 0.786 bits per heavy atom. The van der Waals surface area contributed by atoms with Crippen molar-refractivity contribution in [3.05, 3.63) is 0 Å². The lowest BCUT2D eigenvalue weighted by atomic mass is 9.32. The van der Waals surface area contributed by atoms with Gasteiger partial charge in [0, 0.05) is 36.6 Å². The smallest absolute Gasteiger partial charge is 0.309 e. The van der Waals surface area contributed by atoms with E-state index in [1.807, 2.05) is 13.8 Å². The van der Waals surface area contributed by atoms with Crippen LogP contribution in [0.1, 0.15) is 145 Å². The lowest BCUT2D eigenvalue weighted by Gasteiger charge is -2.73. The molecule has 0 aromatic carbocycles. The summed E-state index contributed by atoms with van der Waals surface area (Å²) >= 11 is 0. The molecule has 13 atom stereocenters. The van der Waals surface area contributed by atoms with Gasteiger partial charge < -0.3 is 20.9 Å². The molecule has 10 heteroatoms. The number of hydrogen-bond acceptors (Lipinski definition) is 8. The van der Waals surface area contributed by atoms with Crippen molar-refractivity contribution in [2.24, 2.45) is 79.6 Å². The number of hydrogen-bond donors (Lipinski definition) is 3. The van der Waals surface area contributed by atoms with E-state index in [9.17, 15) is 23.1 Å². The molecule has 56 heavy (non-hydrogen) atoms. The molecule has 8 aliphatic rings. The zero-order valence-corrected chi connectivity index (χ0v) is 37.1. The molecule has 1 heterocycles. The molecule has 1 saturated heterocycles. The largest absolute Gasteiger partial charge is 0.481 e. The first kappa shape index (κ1) is 41.5. The van der Waals surface area contributed by atoms with E-state index in [-0.39, 0.29) is 62.7 Å². The number of carboxylic acid groups (broad SMARTS) is 1. The van der Waals surface area contributed by atoms with E-state index in [0.29, 0.717) is 55.1 Å². The number of rotatable bonds is 10. The minimum atomic E-state index is -2.92. The number of nitrogens with one attached hydrogen (secondary N) is 1. The van der Waals surface area contributed by atoms with Crippen molar-refractivity contribution in [3.8, 4) is 0 Å². The van der Waals surface area contributed by atoms with Gasteiger partial charge in [0.1, 0.15) is 6.10 Å². The molecule has 318 valence electrons. The van der Waals surface area contributed by atoms with Crippen molar-refractivity contribution in [1.29, 1.82) is 0 Å². The maximum Gasteiger partial charge on any atom is 0.309 e. The molecule has 0 spiro atoms. The number of carbonyl (C=O) groups is 2. The Bertz CT molecular complexity index is 1660. The van der Waals surface area contributed by atoms with Crippen molar-refractivity contribution in [2.75, 3.05) is 37.7 Å². The van der Waals surface area contributed by atoms with Gasteiger partial charge in [-0.05, 0) is 153 Å². The van der Waals surface area contributed by atoms with Crippen LogP contribution in [0.5, 0.6) is 0 Å². The van der Waals surface area contributed by atoms with Crippen LogP contribution in [0.2, 0.25) is 0 Å². The van der Waals surface area contributed by atoms with Crippen molar-refractivity contribution >= 4 is 21.8 Å². The fraction of sp³-hybridized carbons (Fsp3) is 0.957. The molecule has 0 unspecified atom stereocenters. The Kier molecular flexibility index (Phi) is 10.1. The van der Waals surface area contributed by atoms with Gasteiger partial charge in [-0.25, -0.2) is 8.42 Å². The summed E-state index contributed by atoms with van der Waals surface area (Å²) in [5.74, 6) is 1.98. The Labute approximate surface area is 339 Å². The number of fused-ring (bicyclic) bond motifs is 7. The molecular weight excluding hydrogens is 723 g/mol. The summed E-state index contributed by atoms with van der Waals surface area (Å²) in [5, 5.41) is 14.0. The lowest BCUT2D eigenvalue weighted by molar-refractivity contribution is -0.249. The summed E-state index contributed by atoms with van der Waals surface area (Å²) in [7, 11) is -2.92. The zero-order valence-electron chi connectivity index (χ0n) is 36.3. The van der Waals surface area contributed by atoms with E-state index in [1.54, 1.807) is 0 Å². The third-order valence-electron chi connectivity index (χ3n) is 20.5. The maximum atomic E-state index is 13.7. The average Bonchev–Trinajstić information content (AvgIpc) is 3.74. The van der Waals surface area contributed by atoms with E-state index in [1.165, 1.54) is 64.2 Å². The van der Waals surface area contributed by atoms with Crippen LogP contribution in [-0.2, 0) is 24.2 Å². The third-order valence-corrected chi connectivity index (χ3v) is 22.1. The highest BCUT2D eigenvalue weighted by molar-refractivity contribution is 7.91. The van der Waals surface area contributed by atoms with Gasteiger partial charge in [0.25, 0.3) is 0 Å². The van der Waals surface area contributed by atoms with Gasteiger partial charge in [-0.3, -0.25) is 14.5 Å². The number of carbonyl (C=O) groups excluding carboxylic acids is 1. The highest BCUT2D eigenvalue weighted by Crippen LogP contribution is 2.78. The molecule has 7 saturated carbocycles. The second kappa shape index (κ2) is 13.6. The predicted molar refractivity (Wildman–Crippen MR) is 220 cm³/mol. The molecule has 8 fully saturated rings. The van der Waals surface area contributed by atoms with Gasteiger partial charge >= 0.3 is 11.9 Å². The Morgan fingerprint density at radius 3 is 2.11 bits per heavy atom. The second-order valence-electron chi connectivity index (χ2n) is 23.2. The van der Waals surface area contributed by atoms with Crippen molar-refractivity contribution in [1.82, 2.24) is 10.2 Å². The number of nitrogens with two attached hydrogens (primary N) is 1. The van der Waals surface area contributed by atoms with E-state index in [4.69, 9.17) is 10.5 Å². The summed E-state index contributed by atoms with van der Waals surface area (Å²) in [5.41, 5.74) is 7.01. The molecular formula is C46H77N3O6S. The summed E-state index contributed by atoms with van der Waals surface area (Å²) in [6.07, 6.45) is 16.1. The van der Waals surface area contributed by atoms with Crippen molar-refractivity contribution in [2.45, 2.75) is 163 Å². The SMILES string of the molecule is CC1([C@@H]2CC[C@]3(NCC[C@@H](CN)N4CCS(=O)(=O)CC4)CC[C@]4(C)[C@H](CC[C@@H]5[C@@]6(C)CC[C@H](OC(=O)[C@H]7C[C@@H](C(=O)O)C7(C)C)C(C)(C)[C@@H]6CC[C@]54C)[C@@H]23)CC1. The monoisotopic (exact) mass is 800 g/mol. The molecule has 0 radical (unpaired) electrons. The van der Waals surface area contributed by atoms with Crippen LogP contribution in [0.4, 0.5) is 0 Å². The standard InChI is InChI=1S/C46H77N3O6S/c1-40(2)32(38(50)51)27-33(40)39(52)55-36-13-15-43(6)34(41(36,3)4)12-16-45(8)35(43)10-9-31-37-30(42(5)18-19-42)11-17-46(37,21-20-44(31,45)7)48-22-14-29(28-47)49-23-25-56(53,54)26-24-49/h29-37,48H,9-28,47H2,1-8H3,(H,50,51)/t29-,30+,31+,32-,33+,34-,35+,36-,37+,43-,44+,45+,46-/m0/s1. The number of sulfone groups is 1. The molecule has 8 rings (SSSR count). The molecule has 0 aromatic rings. The van der Waals surface area contributed by atoms with Gasteiger partial charge in [0.05, 0.1) is 23.3 Å². The highest BCUT2D eigenvalue weighted by Gasteiger charge is 2.72. The molecule has 4 N–H and O–H groups in total. The highest BCUT2D eigenvalue weighted by atomic mass is 32.2. The molecule has 0 amide bonds. The number of esters is 1. The zero-order chi connectivity index (χ0) is 40.5. The second-order valence-corrected chi connectivity index (χ2v) is 25.5. The summed E-state index contributed by atoms with van der Waals surface area (Å²) in [6.45, 7) is 22.0. The fourth-order valence-corrected chi connectivity index (χ4v) is 17.7. The van der Waals surface area contributed by atoms with E-state index < -0.39 is 27.1 Å². The maximum absolute atomic E-state index is 13.7. The average molecular weight is 800 g/mol. The molecule has 0 bridgehead atoms. The van der Waals surface area contributed by atoms with Crippen LogP contribution < -0.4 is 11.1 Å². The first-order valence-electron chi connectivity index (χ1n) is 22.9. The van der Waals surface area contributed by atoms with Gasteiger partial charge in [0.15, 0.2) is 9.84 Å². The molecule has 0 aromatic heterocycles. The molecule has 9 nitrogen and oxygen atoms in total. The van der Waals surface area contributed by atoms with Crippen molar-refractivity contribution < 1.29 is 27.9 Å². The number of ether oxygens (including phenoxy) is 1. The summed E-state index contributed by atoms with van der Waals surface area (Å²) in [6, 6.07) is 0.224. The lowest BCUT2D eigenvalue weighted by Crippen LogP contribution is -2.69. The summed E-state index contributed by atoms with van der Waals surface area (Å²) < 4.78 is 30.8. The van der Waals surface area contributed by atoms with Gasteiger partial charge in [-0.15, -0.1) is 0 Å². The van der Waals surface area contributed by atoms with Crippen LogP contribution in [0.25, 0.3) is 0 Å². The summed E-state index contributed by atoms with van der Waals surface area (Å²) in [4.78, 5) is 27.8. The topological polar surface area (TPSA) is 139 Å². The van der Waals surface area contributed by atoms with Gasteiger partial charge in [-0.2, -0.15) is 0 Å². The molecule has 1 aliphatic heterocycles. The molecule has 7 aliphatic carbocycles. The van der Waals surface area contributed by atoms with Crippen LogP contribution in [0.3, 0.4) is 0 Å². The Hall–Kier alpha value is -1.23. The number of carboxylic acids is 1. The first-order chi connectivity index (χ1) is 26.1. The first-order valence-corrected chi connectivity index (χ1v) is 24.7. The van der Waals surface area contributed by atoms with Crippen molar-refractivity contribution in [3.63, 3.8) is 0 Å². The predicted octanol–water partition coefficient (Wildman–Crippen LogP) is 7.32. The normalized spacial score (nSPS) is 47.5. The Balaban J connectivity index is 0.993. The quantitative estimate of drug-likeness (QED) is 0.194. The van der Waals surface area contributed by atoms with Crippen LogP contribution in [0.15, 0.2) is 0 Å². The Morgan fingerprint density at radius 2 is 1.48 bits per heavy atom. The third kappa shape index (κ3) is 6.14. The van der Waals surface area contributed by atoms with E-state index >= 15 is 0 Å². The van der Waals surface area contributed by atoms with Gasteiger partial charge in [-0.1, -0.05) is 55.4 Å². The number of aliphatic carboxylic acids is 1. The van der Waals surface area contributed by atoms with Crippen LogP contribution >= 0.6 is 0 Å². The van der Waals surface area contributed by atoms with E-state index in [2.05, 4.69) is 51.8 Å². The minimum absolute atomic E-state index is 0.134. The minimum Gasteiger partial charge on any atom is -0.481 e. The van der Waals surface area contributed by atoms with E-state index in [0.717, 1.165) is 31.7 Å². The number of nitrogens with zero attached hydrogens (tertiary/aromatic N) is 1. The van der Waals surface area contributed by atoms with Crippen LogP contribution in [-0.4, -0.2) is 85.7 Å². The fourth-order valence-electron chi connectivity index (χ4n) is 16.4. The van der Waals surface area contributed by atoms with Gasteiger partial charge in [0.2, 0.25) is 0 Å². The van der Waals surface area contributed by atoms with Crippen LogP contribution in [0, 0.1) is 73.9 Å².